The molecule has 0 fully saturated rings. The zero-order valence-corrected chi connectivity index (χ0v) is 13.0. The first kappa shape index (κ1) is 15.9. The van der Waals surface area contributed by atoms with E-state index < -0.39 is 0 Å². The van der Waals surface area contributed by atoms with Crippen molar-refractivity contribution in [1.82, 2.24) is 10.3 Å². The summed E-state index contributed by atoms with van der Waals surface area (Å²) in [5.74, 6) is 0.116. The molecule has 0 aliphatic carbocycles. The lowest BCUT2D eigenvalue weighted by molar-refractivity contribution is -0.123. The molecule has 1 heterocycles. The second kappa shape index (κ2) is 7.55. The Morgan fingerprint density at radius 3 is 2.88 bits per heavy atom. The van der Waals surface area contributed by atoms with Crippen molar-refractivity contribution in [1.29, 1.82) is 0 Å². The van der Waals surface area contributed by atoms with E-state index in [1.807, 2.05) is 24.3 Å². The smallest absolute Gasteiger partial charge is 0.257 e. The maximum atomic E-state index is 13.5. The molecular weight excluding hydrogens is 307 g/mol. The normalized spacial score (nSPS) is 10.5. The number of hydrogen-bond donors (Lipinski definition) is 1. The summed E-state index contributed by atoms with van der Waals surface area (Å²) in [6.07, 6.45) is 2.17. The van der Waals surface area contributed by atoms with Crippen LogP contribution in [0.15, 0.2) is 60.8 Å². The second-order valence-electron chi connectivity index (χ2n) is 5.34. The van der Waals surface area contributed by atoms with Gasteiger partial charge in [-0.15, -0.1) is 0 Å². The van der Waals surface area contributed by atoms with Crippen molar-refractivity contribution in [3.8, 4) is 5.75 Å². The lowest BCUT2D eigenvalue weighted by Gasteiger charge is -2.08. The summed E-state index contributed by atoms with van der Waals surface area (Å²) in [7, 11) is 0. The Morgan fingerprint density at radius 1 is 1.12 bits per heavy atom. The van der Waals surface area contributed by atoms with Crippen molar-refractivity contribution < 1.29 is 13.9 Å². The molecule has 122 valence electrons. The van der Waals surface area contributed by atoms with E-state index in [0.29, 0.717) is 24.3 Å². The van der Waals surface area contributed by atoms with Crippen LogP contribution in [0.1, 0.15) is 5.56 Å². The van der Waals surface area contributed by atoms with Gasteiger partial charge < -0.3 is 10.1 Å². The van der Waals surface area contributed by atoms with Crippen molar-refractivity contribution in [3.05, 3.63) is 72.2 Å². The summed E-state index contributed by atoms with van der Waals surface area (Å²) in [4.78, 5) is 16.0. The lowest BCUT2D eigenvalue weighted by atomic mass is 10.1. The fraction of sp³-hybridized carbons (Fsp3) is 0.158. The van der Waals surface area contributed by atoms with Crippen LogP contribution >= 0.6 is 0 Å². The predicted octanol–water partition coefficient (Wildman–Crippen LogP) is 3.11. The molecule has 0 saturated heterocycles. The Labute approximate surface area is 139 Å². The Hall–Kier alpha value is -2.95. The van der Waals surface area contributed by atoms with E-state index in [0.717, 1.165) is 10.9 Å². The van der Waals surface area contributed by atoms with Gasteiger partial charge in [0.2, 0.25) is 0 Å². The number of aromatic nitrogens is 1. The van der Waals surface area contributed by atoms with Crippen molar-refractivity contribution in [2.24, 2.45) is 0 Å². The molecule has 0 atom stereocenters. The van der Waals surface area contributed by atoms with Gasteiger partial charge in [0.1, 0.15) is 11.6 Å². The summed E-state index contributed by atoms with van der Waals surface area (Å²) in [6.45, 7) is 0.286. The Bertz CT molecular complexity index is 851. The van der Waals surface area contributed by atoms with Gasteiger partial charge in [0, 0.05) is 18.1 Å². The number of amides is 1. The number of carbonyl (C=O) groups is 1. The molecule has 0 saturated carbocycles. The van der Waals surface area contributed by atoms with Gasteiger partial charge in [-0.2, -0.15) is 0 Å². The molecule has 24 heavy (non-hydrogen) atoms. The first-order valence-electron chi connectivity index (χ1n) is 7.70. The van der Waals surface area contributed by atoms with Gasteiger partial charge in [-0.25, -0.2) is 4.39 Å². The number of ether oxygens (including phenoxy) is 1. The minimum absolute atomic E-state index is 0.0803. The van der Waals surface area contributed by atoms with Gasteiger partial charge >= 0.3 is 0 Å². The quantitative estimate of drug-likeness (QED) is 0.758. The molecule has 4 nitrogen and oxygen atoms in total. The average Bonchev–Trinajstić information content (AvgIpc) is 2.61. The first-order valence-corrected chi connectivity index (χ1v) is 7.70. The maximum Gasteiger partial charge on any atom is 0.257 e. The minimum Gasteiger partial charge on any atom is -0.484 e. The molecule has 1 N–H and O–H groups in total. The SMILES string of the molecule is O=C(COc1ccc2ncccc2c1)NCCc1ccccc1F. The molecular formula is C19H17FN2O2. The van der Waals surface area contributed by atoms with Crippen molar-refractivity contribution >= 4 is 16.8 Å². The molecule has 5 heteroatoms. The molecule has 3 rings (SSSR count). The Kier molecular flexibility index (Phi) is 5.01. The number of hydrogen-bond acceptors (Lipinski definition) is 3. The highest BCUT2D eigenvalue weighted by Gasteiger charge is 2.05. The molecule has 2 aromatic carbocycles. The van der Waals surface area contributed by atoms with Gasteiger partial charge in [0.15, 0.2) is 6.61 Å². The highest BCUT2D eigenvalue weighted by molar-refractivity contribution is 5.80. The third-order valence-electron chi connectivity index (χ3n) is 3.62. The van der Waals surface area contributed by atoms with E-state index in [9.17, 15) is 9.18 Å². The fourth-order valence-electron chi connectivity index (χ4n) is 2.38. The first-order chi connectivity index (χ1) is 11.7. The van der Waals surface area contributed by atoms with Crippen LogP contribution in [-0.4, -0.2) is 24.0 Å². The highest BCUT2D eigenvalue weighted by Crippen LogP contribution is 2.18. The number of carbonyl (C=O) groups excluding carboxylic acids is 1. The number of benzene rings is 2. The third kappa shape index (κ3) is 4.07. The van der Waals surface area contributed by atoms with Crippen LogP contribution in [0.2, 0.25) is 0 Å². The Morgan fingerprint density at radius 2 is 2.00 bits per heavy atom. The minimum atomic E-state index is -0.257. The predicted molar refractivity (Wildman–Crippen MR) is 90.4 cm³/mol. The van der Waals surface area contributed by atoms with E-state index in [1.54, 1.807) is 30.5 Å². The van der Waals surface area contributed by atoms with E-state index in [2.05, 4.69) is 10.3 Å². The topological polar surface area (TPSA) is 51.2 Å². The van der Waals surface area contributed by atoms with Gasteiger partial charge in [-0.05, 0) is 42.3 Å². The van der Waals surface area contributed by atoms with E-state index >= 15 is 0 Å². The Balaban J connectivity index is 1.47. The third-order valence-corrected chi connectivity index (χ3v) is 3.62. The summed E-state index contributed by atoms with van der Waals surface area (Å²) >= 11 is 0. The van der Waals surface area contributed by atoms with Crippen LogP contribution in [0.5, 0.6) is 5.75 Å². The van der Waals surface area contributed by atoms with Gasteiger partial charge in [0.05, 0.1) is 5.52 Å². The molecule has 0 aliphatic heterocycles. The summed E-state index contributed by atoms with van der Waals surface area (Å²) in [5.41, 5.74) is 1.46. The van der Waals surface area contributed by atoms with Crippen molar-refractivity contribution in [2.75, 3.05) is 13.2 Å². The highest BCUT2D eigenvalue weighted by atomic mass is 19.1. The molecule has 3 aromatic rings. The molecule has 0 aliphatic rings. The summed E-state index contributed by atoms with van der Waals surface area (Å²) < 4.78 is 19.0. The average molecular weight is 324 g/mol. The maximum absolute atomic E-state index is 13.5. The number of fused-ring (bicyclic) bond motifs is 1. The van der Waals surface area contributed by atoms with Gasteiger partial charge in [-0.3, -0.25) is 9.78 Å². The van der Waals surface area contributed by atoms with Gasteiger partial charge in [-0.1, -0.05) is 24.3 Å². The standard InChI is InChI=1S/C19H17FN2O2/c20-17-6-2-1-4-14(17)9-11-22-19(23)13-24-16-7-8-18-15(12-16)5-3-10-21-18/h1-8,10,12H,9,11,13H2,(H,22,23). The number of pyridine rings is 1. The lowest BCUT2D eigenvalue weighted by Crippen LogP contribution is -2.30. The van der Waals surface area contributed by atoms with Crippen molar-refractivity contribution in [3.63, 3.8) is 0 Å². The van der Waals surface area contributed by atoms with Crippen LogP contribution in [0, 0.1) is 5.82 Å². The monoisotopic (exact) mass is 324 g/mol. The van der Waals surface area contributed by atoms with Crippen LogP contribution in [0.4, 0.5) is 4.39 Å². The van der Waals surface area contributed by atoms with Crippen LogP contribution < -0.4 is 10.1 Å². The number of rotatable bonds is 6. The fourth-order valence-corrected chi connectivity index (χ4v) is 2.38. The van der Waals surface area contributed by atoms with Gasteiger partial charge in [0.25, 0.3) is 5.91 Å². The second-order valence-corrected chi connectivity index (χ2v) is 5.34. The zero-order chi connectivity index (χ0) is 16.8. The number of nitrogens with one attached hydrogen (secondary N) is 1. The molecule has 1 aromatic heterocycles. The van der Waals surface area contributed by atoms with E-state index in [1.165, 1.54) is 6.07 Å². The number of halogens is 1. The van der Waals surface area contributed by atoms with Crippen LogP contribution in [0.3, 0.4) is 0 Å². The van der Waals surface area contributed by atoms with Crippen LogP contribution in [0.25, 0.3) is 10.9 Å². The summed E-state index contributed by atoms with van der Waals surface area (Å²) in [6, 6.07) is 15.8. The number of nitrogens with zero attached hydrogens (tertiary/aromatic N) is 1. The van der Waals surface area contributed by atoms with E-state index in [-0.39, 0.29) is 18.3 Å². The molecule has 0 spiro atoms. The zero-order valence-electron chi connectivity index (χ0n) is 13.0. The van der Waals surface area contributed by atoms with Crippen LogP contribution in [-0.2, 0) is 11.2 Å². The molecule has 1 amide bonds. The van der Waals surface area contributed by atoms with E-state index in [4.69, 9.17) is 4.74 Å². The molecule has 0 bridgehead atoms. The molecule has 0 radical (unpaired) electrons. The summed E-state index contributed by atoms with van der Waals surface area (Å²) in [5, 5.41) is 3.68. The molecule has 0 unspecified atom stereocenters. The van der Waals surface area contributed by atoms with Crippen molar-refractivity contribution in [2.45, 2.75) is 6.42 Å². The largest absolute Gasteiger partial charge is 0.484 e.